The first-order valence-corrected chi connectivity index (χ1v) is 7.21. The number of nitrogen functional groups attached to an aromatic ring is 1. The van der Waals surface area contributed by atoms with Gasteiger partial charge >= 0.3 is 0 Å². The summed E-state index contributed by atoms with van der Waals surface area (Å²) < 4.78 is 0. The number of hydrogen-bond donors (Lipinski definition) is 2. The van der Waals surface area contributed by atoms with Crippen LogP contribution in [0.3, 0.4) is 0 Å². The number of pyridine rings is 1. The molecule has 3 heterocycles. The van der Waals surface area contributed by atoms with Crippen LogP contribution in [-0.2, 0) is 0 Å². The second-order valence-corrected chi connectivity index (χ2v) is 5.36. The summed E-state index contributed by atoms with van der Waals surface area (Å²) in [6, 6.07) is 12.0. The normalized spacial score (nSPS) is 11.0. The lowest BCUT2D eigenvalue weighted by molar-refractivity contribution is 1.03. The highest BCUT2D eigenvalue weighted by Crippen LogP contribution is 2.37. The quantitative estimate of drug-likeness (QED) is 0.593. The highest BCUT2D eigenvalue weighted by atomic mass is 15.2. The number of nitrogens with zero attached hydrogens (tertiary/aromatic N) is 4. The summed E-state index contributed by atoms with van der Waals surface area (Å²) >= 11 is 0. The summed E-state index contributed by atoms with van der Waals surface area (Å²) in [5, 5.41) is 16.3. The Labute approximate surface area is 132 Å². The molecule has 3 aromatic heterocycles. The van der Waals surface area contributed by atoms with E-state index in [1.54, 1.807) is 12.4 Å². The van der Waals surface area contributed by atoms with Gasteiger partial charge in [-0.15, -0.1) is 10.2 Å². The van der Waals surface area contributed by atoms with Crippen molar-refractivity contribution < 1.29 is 0 Å². The Balaban J connectivity index is 2.08. The molecule has 4 rings (SSSR count). The van der Waals surface area contributed by atoms with Crippen LogP contribution in [0.25, 0.3) is 33.4 Å². The van der Waals surface area contributed by atoms with Gasteiger partial charge in [0.25, 0.3) is 0 Å². The van der Waals surface area contributed by atoms with Crippen molar-refractivity contribution in [3.8, 4) is 22.4 Å². The van der Waals surface area contributed by atoms with E-state index < -0.39 is 0 Å². The molecule has 23 heavy (non-hydrogen) atoms. The average Bonchev–Trinajstić information content (AvgIpc) is 2.97. The van der Waals surface area contributed by atoms with Gasteiger partial charge in [0.15, 0.2) is 11.5 Å². The van der Waals surface area contributed by atoms with Gasteiger partial charge in [0, 0.05) is 23.5 Å². The maximum Gasteiger partial charge on any atom is 0.180 e. The molecule has 3 N–H and O–H groups in total. The summed E-state index contributed by atoms with van der Waals surface area (Å²) in [6.45, 7) is 2.05. The molecule has 112 valence electrons. The van der Waals surface area contributed by atoms with Crippen molar-refractivity contribution in [2.45, 2.75) is 6.92 Å². The van der Waals surface area contributed by atoms with Gasteiger partial charge in [0.2, 0.25) is 0 Å². The van der Waals surface area contributed by atoms with Crippen LogP contribution in [0.4, 0.5) is 5.82 Å². The van der Waals surface area contributed by atoms with Crippen molar-refractivity contribution in [3.63, 3.8) is 0 Å². The molecular formula is C17H14N6. The van der Waals surface area contributed by atoms with Gasteiger partial charge < -0.3 is 5.73 Å². The van der Waals surface area contributed by atoms with E-state index in [1.165, 1.54) is 5.56 Å². The van der Waals surface area contributed by atoms with E-state index in [4.69, 9.17) is 5.73 Å². The summed E-state index contributed by atoms with van der Waals surface area (Å²) in [6.07, 6.45) is 3.49. The zero-order valence-corrected chi connectivity index (χ0v) is 12.5. The molecule has 0 amide bonds. The van der Waals surface area contributed by atoms with Gasteiger partial charge in [-0.2, -0.15) is 5.10 Å². The third kappa shape index (κ3) is 2.20. The number of benzene rings is 1. The fourth-order valence-electron chi connectivity index (χ4n) is 2.65. The summed E-state index contributed by atoms with van der Waals surface area (Å²) in [4.78, 5) is 4.08. The smallest absolute Gasteiger partial charge is 0.180 e. The topological polar surface area (TPSA) is 93.4 Å². The zero-order valence-electron chi connectivity index (χ0n) is 12.5. The first kappa shape index (κ1) is 13.4. The molecule has 0 aliphatic heterocycles. The number of rotatable bonds is 2. The van der Waals surface area contributed by atoms with Gasteiger partial charge in [0.1, 0.15) is 5.69 Å². The van der Waals surface area contributed by atoms with Crippen molar-refractivity contribution in [2.75, 3.05) is 5.73 Å². The fourth-order valence-corrected chi connectivity index (χ4v) is 2.65. The minimum atomic E-state index is 0.412. The molecule has 0 saturated heterocycles. The van der Waals surface area contributed by atoms with E-state index in [9.17, 15) is 0 Å². The van der Waals surface area contributed by atoms with E-state index in [0.717, 1.165) is 27.8 Å². The summed E-state index contributed by atoms with van der Waals surface area (Å²) in [5.74, 6) is 0.412. The van der Waals surface area contributed by atoms with E-state index >= 15 is 0 Å². The minimum absolute atomic E-state index is 0.412. The molecule has 0 aliphatic carbocycles. The van der Waals surface area contributed by atoms with Crippen molar-refractivity contribution in [1.29, 1.82) is 0 Å². The van der Waals surface area contributed by atoms with Crippen LogP contribution < -0.4 is 5.73 Å². The molecule has 0 fully saturated rings. The monoisotopic (exact) mass is 302 g/mol. The number of aromatic amines is 1. The molecule has 0 bridgehead atoms. The van der Waals surface area contributed by atoms with Crippen LogP contribution in [-0.4, -0.2) is 25.4 Å². The largest absolute Gasteiger partial charge is 0.382 e. The third-order valence-corrected chi connectivity index (χ3v) is 3.81. The van der Waals surface area contributed by atoms with E-state index in [0.29, 0.717) is 11.5 Å². The fraction of sp³-hybridized carbons (Fsp3) is 0.0588. The Morgan fingerprint density at radius 1 is 0.913 bits per heavy atom. The molecule has 0 unspecified atom stereocenters. The SMILES string of the molecule is Cc1ccc(-c2nnc3[nH]nc(N)c3c2-c2ccncc2)cc1. The number of nitrogens with one attached hydrogen (secondary N) is 1. The number of H-pyrrole nitrogens is 1. The van der Waals surface area contributed by atoms with Gasteiger partial charge in [-0.25, -0.2) is 0 Å². The molecule has 6 nitrogen and oxygen atoms in total. The van der Waals surface area contributed by atoms with Crippen LogP contribution in [0, 0.1) is 6.92 Å². The van der Waals surface area contributed by atoms with Gasteiger partial charge in [-0.05, 0) is 24.6 Å². The first-order chi connectivity index (χ1) is 11.2. The highest BCUT2D eigenvalue weighted by Gasteiger charge is 2.18. The molecule has 0 spiro atoms. The summed E-state index contributed by atoms with van der Waals surface area (Å²) in [7, 11) is 0. The standard InChI is InChI=1S/C17H14N6/c1-10-2-4-12(5-3-10)15-13(11-6-8-19-9-7-11)14-16(18)21-23-17(14)22-20-15/h2-9H,1H3,(H3,18,21,22,23). The van der Waals surface area contributed by atoms with Crippen LogP contribution in [0.15, 0.2) is 48.8 Å². The lowest BCUT2D eigenvalue weighted by atomic mass is 9.97. The van der Waals surface area contributed by atoms with Crippen molar-refractivity contribution in [3.05, 3.63) is 54.4 Å². The molecule has 0 saturated carbocycles. The lowest BCUT2D eigenvalue weighted by Gasteiger charge is -2.10. The summed E-state index contributed by atoms with van der Waals surface area (Å²) in [5.41, 5.74) is 11.5. The van der Waals surface area contributed by atoms with E-state index in [1.807, 2.05) is 24.3 Å². The maximum atomic E-state index is 6.06. The van der Waals surface area contributed by atoms with Crippen LogP contribution >= 0.6 is 0 Å². The molecule has 6 heteroatoms. The molecular weight excluding hydrogens is 288 g/mol. The predicted molar refractivity (Wildman–Crippen MR) is 89.5 cm³/mol. The number of aromatic nitrogens is 5. The number of fused-ring (bicyclic) bond motifs is 1. The first-order valence-electron chi connectivity index (χ1n) is 7.21. The minimum Gasteiger partial charge on any atom is -0.382 e. The third-order valence-electron chi connectivity index (χ3n) is 3.81. The zero-order chi connectivity index (χ0) is 15.8. The van der Waals surface area contributed by atoms with Crippen molar-refractivity contribution in [2.24, 2.45) is 0 Å². The number of hydrogen-bond acceptors (Lipinski definition) is 5. The molecule has 0 radical (unpaired) electrons. The van der Waals surface area contributed by atoms with Crippen molar-refractivity contribution in [1.82, 2.24) is 25.4 Å². The van der Waals surface area contributed by atoms with Gasteiger partial charge in [-0.3, -0.25) is 10.1 Å². The Kier molecular flexibility index (Phi) is 3.01. The van der Waals surface area contributed by atoms with Crippen LogP contribution in [0.2, 0.25) is 0 Å². The Morgan fingerprint density at radius 2 is 1.65 bits per heavy atom. The molecule has 1 aromatic carbocycles. The van der Waals surface area contributed by atoms with Gasteiger partial charge in [0.05, 0.1) is 5.39 Å². The highest BCUT2D eigenvalue weighted by molar-refractivity contribution is 6.04. The maximum absolute atomic E-state index is 6.06. The Bertz CT molecular complexity index is 973. The number of anilines is 1. The molecule has 4 aromatic rings. The molecule has 0 aliphatic rings. The van der Waals surface area contributed by atoms with Crippen LogP contribution in [0.5, 0.6) is 0 Å². The van der Waals surface area contributed by atoms with Crippen molar-refractivity contribution >= 4 is 16.9 Å². The second-order valence-electron chi connectivity index (χ2n) is 5.36. The predicted octanol–water partition coefficient (Wildman–Crippen LogP) is 2.97. The van der Waals surface area contributed by atoms with Gasteiger partial charge in [-0.1, -0.05) is 29.8 Å². The molecule has 0 atom stereocenters. The Morgan fingerprint density at radius 3 is 2.39 bits per heavy atom. The van der Waals surface area contributed by atoms with E-state index in [2.05, 4.69) is 44.4 Å². The number of aryl methyl sites for hydroxylation is 1. The van der Waals surface area contributed by atoms with E-state index in [-0.39, 0.29) is 0 Å². The lowest BCUT2D eigenvalue weighted by Crippen LogP contribution is -1.96. The second kappa shape index (κ2) is 5.17. The van der Waals surface area contributed by atoms with Crippen LogP contribution in [0.1, 0.15) is 5.56 Å². The Hall–Kier alpha value is -3.28. The average molecular weight is 302 g/mol. The number of nitrogens with two attached hydrogens (primary N) is 1.